The number of benzene rings is 3. The van der Waals surface area contributed by atoms with Gasteiger partial charge < -0.3 is 19.7 Å². The zero-order chi connectivity index (χ0) is 24.8. The molecule has 0 fully saturated rings. The Balaban J connectivity index is 0.000000287. The van der Waals surface area contributed by atoms with Crippen molar-refractivity contribution in [3.63, 3.8) is 0 Å². The third kappa shape index (κ3) is 10.2. The molecular weight excluding hydrogens is 516 g/mol. The lowest BCUT2D eigenvalue weighted by atomic mass is 10.1. The maximum Gasteiger partial charge on any atom is 0.326 e. The van der Waals surface area contributed by atoms with Gasteiger partial charge in [0.05, 0.1) is 19.2 Å². The summed E-state index contributed by atoms with van der Waals surface area (Å²) in [6.45, 7) is 1.99. The quantitative estimate of drug-likeness (QED) is 0.240. The summed E-state index contributed by atoms with van der Waals surface area (Å²) in [4.78, 5) is 23.7. The average Bonchev–Trinajstić information content (AvgIpc) is 2.85. The Morgan fingerprint density at radius 3 is 2.29 bits per heavy atom. The predicted molar refractivity (Wildman–Crippen MR) is 144 cm³/mol. The number of anilines is 2. The SMILES string of the molecule is CC(Cc1ccccc1)NC(=O)NSNc1ccc(Br)cc1.COc1ccc(N(C)C=O)cc1. The van der Waals surface area contributed by atoms with Gasteiger partial charge in [-0.2, -0.15) is 0 Å². The smallest absolute Gasteiger partial charge is 0.326 e. The molecule has 1 unspecified atom stereocenters. The van der Waals surface area contributed by atoms with E-state index in [9.17, 15) is 9.59 Å². The standard InChI is InChI=1S/C16H18BrN3OS.C9H11NO2/c1-12(11-13-5-3-2-4-6-13)18-16(21)20-22-19-15-9-7-14(17)8-10-15;1-10(7-11)8-3-5-9(12-2)6-4-8/h2-10,12,19H,11H2,1H3,(H2,18,20,21);3-7H,1-2H3. The van der Waals surface area contributed by atoms with Crippen LogP contribution in [-0.2, 0) is 11.2 Å². The molecule has 0 aliphatic carbocycles. The molecule has 180 valence electrons. The van der Waals surface area contributed by atoms with Crippen molar-refractivity contribution in [2.75, 3.05) is 23.8 Å². The molecule has 1 atom stereocenters. The molecule has 0 aliphatic rings. The van der Waals surface area contributed by atoms with Crippen molar-refractivity contribution in [1.29, 1.82) is 0 Å². The van der Waals surface area contributed by atoms with Crippen LogP contribution in [0.4, 0.5) is 16.2 Å². The summed E-state index contributed by atoms with van der Waals surface area (Å²) in [6, 6.07) is 25.0. The van der Waals surface area contributed by atoms with Gasteiger partial charge in [-0.3, -0.25) is 9.52 Å². The monoisotopic (exact) mass is 544 g/mol. The molecule has 3 aromatic carbocycles. The largest absolute Gasteiger partial charge is 0.497 e. The Morgan fingerprint density at radius 2 is 1.71 bits per heavy atom. The fraction of sp³-hybridized carbons (Fsp3) is 0.200. The number of nitrogens with zero attached hydrogens (tertiary/aromatic N) is 1. The second-order valence-corrected chi connectivity index (χ2v) is 8.82. The van der Waals surface area contributed by atoms with E-state index in [0.29, 0.717) is 0 Å². The Labute approximate surface area is 213 Å². The number of hydrogen-bond acceptors (Lipinski definition) is 5. The average molecular weight is 546 g/mol. The Bertz CT molecular complexity index is 1000. The molecule has 0 radical (unpaired) electrons. The van der Waals surface area contributed by atoms with Gasteiger partial charge in [-0.05, 0) is 67.4 Å². The summed E-state index contributed by atoms with van der Waals surface area (Å²) in [6.07, 6.45) is 1.57. The maximum absolute atomic E-state index is 11.8. The van der Waals surface area contributed by atoms with E-state index in [4.69, 9.17) is 4.74 Å². The van der Waals surface area contributed by atoms with Crippen LogP contribution in [0.25, 0.3) is 0 Å². The van der Waals surface area contributed by atoms with Gasteiger partial charge in [-0.15, -0.1) is 0 Å². The number of ether oxygens (including phenoxy) is 1. The number of nitrogens with one attached hydrogen (secondary N) is 3. The summed E-state index contributed by atoms with van der Waals surface area (Å²) in [5, 5.41) is 2.91. The highest BCUT2D eigenvalue weighted by Crippen LogP contribution is 2.17. The van der Waals surface area contributed by atoms with Crippen LogP contribution in [0.3, 0.4) is 0 Å². The van der Waals surface area contributed by atoms with Gasteiger partial charge in [0.2, 0.25) is 6.41 Å². The van der Waals surface area contributed by atoms with Crippen molar-refractivity contribution >= 4 is 51.9 Å². The number of methoxy groups -OCH3 is 1. The number of urea groups is 1. The number of halogens is 1. The first-order valence-corrected chi connectivity index (χ1v) is 12.1. The maximum atomic E-state index is 11.8. The third-order valence-corrected chi connectivity index (χ3v) is 5.71. The van der Waals surface area contributed by atoms with Crippen molar-refractivity contribution in [2.24, 2.45) is 0 Å². The molecule has 7 nitrogen and oxygen atoms in total. The first-order valence-electron chi connectivity index (χ1n) is 10.5. The van der Waals surface area contributed by atoms with Crippen molar-refractivity contribution in [3.8, 4) is 5.75 Å². The van der Waals surface area contributed by atoms with Crippen molar-refractivity contribution in [2.45, 2.75) is 19.4 Å². The summed E-state index contributed by atoms with van der Waals surface area (Å²) in [5.74, 6) is 0.790. The van der Waals surface area contributed by atoms with Gasteiger partial charge in [0, 0.05) is 28.9 Å². The van der Waals surface area contributed by atoms with E-state index in [2.05, 4.69) is 42.8 Å². The normalized spacial score (nSPS) is 10.7. The zero-order valence-electron chi connectivity index (χ0n) is 19.3. The number of carbonyl (C=O) groups is 2. The minimum atomic E-state index is -0.210. The predicted octanol–water partition coefficient (Wildman–Crippen LogP) is 5.64. The molecule has 0 heterocycles. The first kappa shape index (κ1) is 27.1. The second kappa shape index (κ2) is 14.9. The van der Waals surface area contributed by atoms with Crippen LogP contribution in [0.5, 0.6) is 5.75 Å². The number of hydrogen-bond donors (Lipinski definition) is 3. The van der Waals surface area contributed by atoms with Crippen molar-refractivity contribution in [1.82, 2.24) is 10.0 Å². The van der Waals surface area contributed by atoms with Gasteiger partial charge in [-0.25, -0.2) is 4.79 Å². The van der Waals surface area contributed by atoms with Crippen molar-refractivity contribution < 1.29 is 14.3 Å². The highest BCUT2D eigenvalue weighted by molar-refractivity contribution is 9.10. The third-order valence-electron chi connectivity index (χ3n) is 4.56. The van der Waals surface area contributed by atoms with E-state index in [1.807, 2.05) is 73.7 Å². The molecule has 0 aromatic heterocycles. The van der Waals surface area contributed by atoms with E-state index in [0.717, 1.165) is 46.6 Å². The summed E-state index contributed by atoms with van der Waals surface area (Å²) >= 11 is 4.52. The van der Waals surface area contributed by atoms with Crippen LogP contribution in [0.2, 0.25) is 0 Å². The van der Waals surface area contributed by atoms with Gasteiger partial charge in [0.25, 0.3) is 0 Å². The van der Waals surface area contributed by atoms with Gasteiger partial charge in [0.15, 0.2) is 0 Å². The molecule has 3 amide bonds. The van der Waals surface area contributed by atoms with Gasteiger partial charge in [0.1, 0.15) is 5.75 Å². The molecular formula is C25H29BrN4O3S. The fourth-order valence-corrected chi connectivity index (χ4v) is 3.52. The molecule has 34 heavy (non-hydrogen) atoms. The first-order chi connectivity index (χ1) is 16.4. The van der Waals surface area contributed by atoms with Crippen LogP contribution in [0.1, 0.15) is 12.5 Å². The van der Waals surface area contributed by atoms with E-state index in [1.54, 1.807) is 14.2 Å². The minimum absolute atomic E-state index is 0.0654. The van der Waals surface area contributed by atoms with Crippen LogP contribution >= 0.6 is 28.1 Å². The Morgan fingerprint density at radius 1 is 1.06 bits per heavy atom. The summed E-state index contributed by atoms with van der Waals surface area (Å²) in [5.41, 5.74) is 2.98. The van der Waals surface area contributed by atoms with Crippen molar-refractivity contribution in [3.05, 3.63) is 88.9 Å². The second-order valence-electron chi connectivity index (χ2n) is 7.29. The molecule has 3 rings (SSSR count). The lowest BCUT2D eigenvalue weighted by molar-refractivity contribution is -0.107. The highest BCUT2D eigenvalue weighted by Gasteiger charge is 2.07. The van der Waals surface area contributed by atoms with Crippen LogP contribution < -0.4 is 24.4 Å². The molecule has 0 aliphatic heterocycles. The molecule has 0 saturated heterocycles. The number of carbonyl (C=O) groups excluding carboxylic acids is 2. The topological polar surface area (TPSA) is 82.7 Å². The summed E-state index contributed by atoms with van der Waals surface area (Å²) < 4.78 is 11.7. The number of amides is 3. The van der Waals surface area contributed by atoms with E-state index in [-0.39, 0.29) is 12.1 Å². The van der Waals surface area contributed by atoms with Crippen LogP contribution in [-0.4, -0.2) is 32.6 Å². The highest BCUT2D eigenvalue weighted by atomic mass is 79.9. The molecule has 9 heteroatoms. The zero-order valence-corrected chi connectivity index (χ0v) is 21.7. The van der Waals surface area contributed by atoms with E-state index in [1.165, 1.54) is 10.5 Å². The van der Waals surface area contributed by atoms with Gasteiger partial charge in [-0.1, -0.05) is 46.3 Å². The van der Waals surface area contributed by atoms with Gasteiger partial charge >= 0.3 is 6.03 Å². The van der Waals surface area contributed by atoms with Crippen LogP contribution in [0, 0.1) is 0 Å². The summed E-state index contributed by atoms with van der Waals surface area (Å²) in [7, 11) is 3.31. The Kier molecular flexibility index (Phi) is 11.8. The lowest BCUT2D eigenvalue weighted by Gasteiger charge is -2.14. The Hall–Kier alpha value is -3.17. The minimum Gasteiger partial charge on any atom is -0.497 e. The number of rotatable bonds is 9. The molecule has 0 saturated carbocycles. The van der Waals surface area contributed by atoms with E-state index < -0.39 is 0 Å². The molecule has 3 aromatic rings. The lowest BCUT2D eigenvalue weighted by Crippen LogP contribution is -2.39. The molecule has 3 N–H and O–H groups in total. The molecule has 0 bridgehead atoms. The van der Waals surface area contributed by atoms with E-state index >= 15 is 0 Å². The molecule has 0 spiro atoms. The van der Waals surface area contributed by atoms with Crippen LogP contribution in [0.15, 0.2) is 83.3 Å². The fourth-order valence-electron chi connectivity index (χ4n) is 2.80.